The molecule has 2 amide bonds. The fraction of sp³-hybridized carbons (Fsp3) is 0.353. The molecule has 0 saturated carbocycles. The number of thiazole rings is 1. The Hall–Kier alpha value is -1.86. The van der Waals surface area contributed by atoms with Crippen molar-refractivity contribution in [1.82, 2.24) is 4.98 Å². The van der Waals surface area contributed by atoms with Gasteiger partial charge in [-0.2, -0.15) is 0 Å². The first-order valence-electron chi connectivity index (χ1n) is 7.89. The number of nitrogens with zero attached hydrogens (tertiary/aromatic N) is 1. The Morgan fingerprint density at radius 1 is 1.29 bits per heavy atom. The number of rotatable bonds is 8. The molecule has 5 nitrogen and oxygen atoms in total. The Bertz CT molecular complexity index is 674. The van der Waals surface area contributed by atoms with Gasteiger partial charge in [-0.15, -0.1) is 23.1 Å². The van der Waals surface area contributed by atoms with Gasteiger partial charge in [0.25, 0.3) is 0 Å². The van der Waals surface area contributed by atoms with Crippen molar-refractivity contribution in [3.8, 4) is 0 Å². The number of carbonyl (C=O) groups is 2. The van der Waals surface area contributed by atoms with Crippen LogP contribution in [0.5, 0.6) is 0 Å². The van der Waals surface area contributed by atoms with Crippen LogP contribution in [-0.2, 0) is 9.59 Å². The lowest BCUT2D eigenvalue weighted by atomic mass is 10.3. The molecule has 1 aromatic heterocycles. The average molecular weight is 364 g/mol. The van der Waals surface area contributed by atoms with E-state index in [2.05, 4.69) is 15.6 Å². The smallest absolute Gasteiger partial charge is 0.239 e. The van der Waals surface area contributed by atoms with E-state index in [0.717, 1.165) is 17.0 Å². The summed E-state index contributed by atoms with van der Waals surface area (Å²) >= 11 is 2.89. The molecule has 0 spiro atoms. The van der Waals surface area contributed by atoms with Crippen LogP contribution in [0.4, 0.5) is 10.8 Å². The zero-order valence-electron chi connectivity index (χ0n) is 13.7. The van der Waals surface area contributed by atoms with Crippen molar-refractivity contribution in [2.45, 2.75) is 43.3 Å². The molecule has 1 heterocycles. The van der Waals surface area contributed by atoms with E-state index >= 15 is 0 Å². The molecule has 2 aromatic rings. The number of carbonyl (C=O) groups excluding carboxylic acids is 2. The summed E-state index contributed by atoms with van der Waals surface area (Å²) in [7, 11) is 0. The summed E-state index contributed by atoms with van der Waals surface area (Å²) in [5.41, 5.74) is 0.758. The molecule has 2 N–H and O–H groups in total. The minimum absolute atomic E-state index is 0.00760. The van der Waals surface area contributed by atoms with Crippen molar-refractivity contribution in [3.63, 3.8) is 0 Å². The van der Waals surface area contributed by atoms with Crippen LogP contribution in [0.1, 0.15) is 33.1 Å². The first kappa shape index (κ1) is 18.5. The molecule has 0 aliphatic rings. The molecule has 7 heteroatoms. The van der Waals surface area contributed by atoms with Crippen molar-refractivity contribution in [3.05, 3.63) is 35.8 Å². The third kappa shape index (κ3) is 5.65. The Morgan fingerprint density at radius 2 is 2.12 bits per heavy atom. The second-order valence-corrected chi connectivity index (χ2v) is 7.34. The summed E-state index contributed by atoms with van der Waals surface area (Å²) in [4.78, 5) is 29.1. The summed E-state index contributed by atoms with van der Waals surface area (Å²) in [5.74, 6) is -0.0499. The van der Waals surface area contributed by atoms with Crippen LogP contribution in [-0.4, -0.2) is 22.0 Å². The number of anilines is 2. The molecule has 0 aliphatic carbocycles. The van der Waals surface area contributed by atoms with Crippen LogP contribution in [0.15, 0.2) is 40.7 Å². The van der Waals surface area contributed by atoms with Gasteiger partial charge in [0.1, 0.15) is 0 Å². The molecule has 1 atom stereocenters. The molecule has 2 rings (SSSR count). The lowest BCUT2D eigenvalue weighted by molar-refractivity contribution is -0.116. The SMILES string of the molecule is CCCC(=O)Nc1cccc(SC(CC)C(=O)Nc2nccs2)c1. The van der Waals surface area contributed by atoms with Crippen LogP contribution in [0.3, 0.4) is 0 Å². The van der Waals surface area contributed by atoms with E-state index in [4.69, 9.17) is 0 Å². The maximum absolute atomic E-state index is 12.4. The summed E-state index contributed by atoms with van der Waals surface area (Å²) in [6.45, 7) is 3.95. The van der Waals surface area contributed by atoms with Crippen LogP contribution in [0.2, 0.25) is 0 Å². The van der Waals surface area contributed by atoms with Gasteiger partial charge in [0.05, 0.1) is 5.25 Å². The molecule has 24 heavy (non-hydrogen) atoms. The van der Waals surface area contributed by atoms with Crippen molar-refractivity contribution < 1.29 is 9.59 Å². The van der Waals surface area contributed by atoms with Gasteiger partial charge < -0.3 is 10.6 Å². The minimum atomic E-state index is -0.213. The Kier molecular flexibility index (Phi) is 7.27. The highest BCUT2D eigenvalue weighted by Crippen LogP contribution is 2.28. The van der Waals surface area contributed by atoms with Gasteiger partial charge in [0.15, 0.2) is 5.13 Å². The van der Waals surface area contributed by atoms with Gasteiger partial charge in [-0.25, -0.2) is 4.98 Å². The Morgan fingerprint density at radius 3 is 2.79 bits per heavy atom. The van der Waals surface area contributed by atoms with Gasteiger partial charge in [0.2, 0.25) is 11.8 Å². The normalized spacial score (nSPS) is 11.8. The third-order valence-corrected chi connectivity index (χ3v) is 5.25. The highest BCUT2D eigenvalue weighted by Gasteiger charge is 2.19. The van der Waals surface area contributed by atoms with E-state index in [0.29, 0.717) is 18.0 Å². The number of aromatic nitrogens is 1. The number of nitrogens with one attached hydrogen (secondary N) is 2. The average Bonchev–Trinajstić information content (AvgIpc) is 3.06. The predicted molar refractivity (Wildman–Crippen MR) is 101 cm³/mol. The third-order valence-electron chi connectivity index (χ3n) is 3.20. The quantitative estimate of drug-likeness (QED) is 0.682. The molecular weight excluding hydrogens is 342 g/mol. The number of amides is 2. The Labute approximate surface area is 150 Å². The first-order valence-corrected chi connectivity index (χ1v) is 9.65. The van der Waals surface area contributed by atoms with Gasteiger partial charge in [0, 0.05) is 28.6 Å². The first-order chi connectivity index (χ1) is 11.6. The van der Waals surface area contributed by atoms with E-state index in [1.54, 1.807) is 6.20 Å². The molecule has 0 saturated heterocycles. The van der Waals surface area contributed by atoms with Crippen molar-refractivity contribution in [2.24, 2.45) is 0 Å². The lowest BCUT2D eigenvalue weighted by Crippen LogP contribution is -2.24. The molecule has 0 aliphatic heterocycles. The summed E-state index contributed by atoms with van der Waals surface area (Å²) < 4.78 is 0. The maximum atomic E-state index is 12.4. The van der Waals surface area contributed by atoms with Gasteiger partial charge in [-0.3, -0.25) is 9.59 Å². The number of hydrogen-bond acceptors (Lipinski definition) is 5. The lowest BCUT2D eigenvalue weighted by Gasteiger charge is -2.14. The predicted octanol–water partition coefficient (Wildman–Crippen LogP) is 4.39. The fourth-order valence-electron chi connectivity index (χ4n) is 2.06. The topological polar surface area (TPSA) is 71.1 Å². The van der Waals surface area contributed by atoms with E-state index in [1.807, 2.05) is 43.5 Å². The summed E-state index contributed by atoms with van der Waals surface area (Å²) in [6.07, 6.45) is 3.69. The summed E-state index contributed by atoms with van der Waals surface area (Å²) in [5, 5.41) is 7.94. The largest absolute Gasteiger partial charge is 0.326 e. The van der Waals surface area contributed by atoms with E-state index in [1.165, 1.54) is 23.1 Å². The molecular formula is C17H21N3O2S2. The minimum Gasteiger partial charge on any atom is -0.326 e. The zero-order chi connectivity index (χ0) is 17.4. The molecule has 1 aromatic carbocycles. The van der Waals surface area contributed by atoms with Gasteiger partial charge in [-0.1, -0.05) is 19.9 Å². The van der Waals surface area contributed by atoms with E-state index in [-0.39, 0.29) is 17.1 Å². The second kappa shape index (κ2) is 9.44. The van der Waals surface area contributed by atoms with Crippen molar-refractivity contribution in [1.29, 1.82) is 0 Å². The van der Waals surface area contributed by atoms with Gasteiger partial charge >= 0.3 is 0 Å². The highest BCUT2D eigenvalue weighted by atomic mass is 32.2. The highest BCUT2D eigenvalue weighted by molar-refractivity contribution is 8.00. The standard InChI is InChI=1S/C17H21N3O2S2/c1-3-6-15(21)19-12-7-5-8-13(11-12)24-14(4-2)16(22)20-17-18-9-10-23-17/h5,7-11,14H,3-4,6H2,1-2H3,(H,19,21)(H,18,20,22). The monoisotopic (exact) mass is 363 g/mol. The van der Waals surface area contributed by atoms with Crippen molar-refractivity contribution in [2.75, 3.05) is 10.6 Å². The van der Waals surface area contributed by atoms with E-state index < -0.39 is 0 Å². The zero-order valence-corrected chi connectivity index (χ0v) is 15.4. The van der Waals surface area contributed by atoms with Crippen LogP contribution in [0, 0.1) is 0 Å². The van der Waals surface area contributed by atoms with Crippen LogP contribution in [0.25, 0.3) is 0 Å². The fourth-order valence-corrected chi connectivity index (χ4v) is 3.60. The molecule has 0 radical (unpaired) electrons. The van der Waals surface area contributed by atoms with Crippen LogP contribution < -0.4 is 10.6 Å². The molecule has 0 fully saturated rings. The summed E-state index contributed by atoms with van der Waals surface area (Å²) in [6, 6.07) is 7.58. The maximum Gasteiger partial charge on any atom is 0.239 e. The van der Waals surface area contributed by atoms with Crippen molar-refractivity contribution >= 4 is 45.7 Å². The number of hydrogen-bond donors (Lipinski definition) is 2. The molecule has 128 valence electrons. The number of thioether (sulfide) groups is 1. The second-order valence-electron chi connectivity index (χ2n) is 5.17. The van der Waals surface area contributed by atoms with Gasteiger partial charge in [-0.05, 0) is 31.0 Å². The molecule has 0 bridgehead atoms. The van der Waals surface area contributed by atoms with E-state index in [9.17, 15) is 9.59 Å². The van der Waals surface area contributed by atoms with Crippen LogP contribution >= 0.6 is 23.1 Å². The molecule has 1 unspecified atom stereocenters. The number of benzene rings is 1. The Balaban J connectivity index is 1.99.